The molecule has 0 aliphatic rings. The van der Waals surface area contributed by atoms with Gasteiger partial charge < -0.3 is 13.7 Å². The molecule has 5 heteroatoms. The molecular weight excluding hydrogens is 817 g/mol. The van der Waals surface area contributed by atoms with Gasteiger partial charge in [0.1, 0.15) is 0 Å². The van der Waals surface area contributed by atoms with Gasteiger partial charge in [-0.2, -0.15) is 5.26 Å². The van der Waals surface area contributed by atoms with Gasteiger partial charge in [0, 0.05) is 49.4 Å². The summed E-state index contributed by atoms with van der Waals surface area (Å²) >= 11 is 0. The van der Waals surface area contributed by atoms with Gasteiger partial charge in [0.2, 0.25) is 0 Å². The lowest BCUT2D eigenvalue weighted by atomic mass is 10.1. The highest BCUT2D eigenvalue weighted by Gasteiger charge is 2.41. The maximum atomic E-state index is 10.1. The fraction of sp³-hybridized carbons (Fsp3) is 0. The second-order valence-corrected chi connectivity index (χ2v) is 21.0. The van der Waals surface area contributed by atoms with Crippen molar-refractivity contribution in [2.45, 2.75) is 0 Å². The first-order valence-corrected chi connectivity index (χ1v) is 24.5. The van der Waals surface area contributed by atoms with E-state index in [9.17, 15) is 5.26 Å². The summed E-state index contributed by atoms with van der Waals surface area (Å²) in [6, 6.07) is 90.9. The van der Waals surface area contributed by atoms with Gasteiger partial charge in [-0.3, -0.25) is 0 Å². The third-order valence-electron chi connectivity index (χ3n) is 13.8. The van der Waals surface area contributed by atoms with Gasteiger partial charge in [0.25, 0.3) is 0 Å². The molecule has 0 atom stereocenters. The van der Waals surface area contributed by atoms with Crippen LogP contribution in [-0.4, -0.2) is 21.8 Å². The van der Waals surface area contributed by atoms with Crippen molar-refractivity contribution in [2.24, 2.45) is 0 Å². The van der Waals surface area contributed by atoms with Crippen molar-refractivity contribution in [1.82, 2.24) is 13.7 Å². The Balaban J connectivity index is 1.02. The van der Waals surface area contributed by atoms with Crippen LogP contribution in [0.2, 0.25) is 0 Å². The van der Waals surface area contributed by atoms with Crippen molar-refractivity contribution in [3.8, 4) is 23.1 Å². The molecule has 0 aliphatic heterocycles. The minimum absolute atomic E-state index is 0.642. The van der Waals surface area contributed by atoms with Crippen LogP contribution in [0.1, 0.15) is 5.56 Å². The van der Waals surface area contributed by atoms with Crippen molar-refractivity contribution < 1.29 is 0 Å². The van der Waals surface area contributed by atoms with Crippen LogP contribution in [0.3, 0.4) is 0 Å². The average molecular weight is 857 g/mol. The fourth-order valence-corrected chi connectivity index (χ4v) is 15.8. The molecule has 66 heavy (non-hydrogen) atoms. The molecule has 4 nitrogen and oxygen atoms in total. The molecule has 0 radical (unpaired) electrons. The van der Waals surface area contributed by atoms with Gasteiger partial charge in [-0.05, 0) is 106 Å². The molecule has 10 aromatic carbocycles. The van der Waals surface area contributed by atoms with Gasteiger partial charge in [-0.25, -0.2) is 0 Å². The van der Waals surface area contributed by atoms with E-state index in [1.165, 1.54) is 53.3 Å². The molecule has 0 saturated carbocycles. The third kappa shape index (κ3) is 5.56. The number of fused-ring (bicyclic) bond motifs is 9. The normalized spacial score (nSPS) is 11.9. The average Bonchev–Trinajstić information content (AvgIpc) is 4.02. The molecule has 0 unspecified atom stereocenters. The highest BCUT2D eigenvalue weighted by Crippen LogP contribution is 2.39. The van der Waals surface area contributed by atoms with Crippen molar-refractivity contribution in [2.75, 3.05) is 0 Å². The zero-order valence-electron chi connectivity index (χ0n) is 35.9. The number of nitrogens with zero attached hydrogens (tertiary/aromatic N) is 4. The fourth-order valence-electron chi connectivity index (χ4n) is 11.0. The summed E-state index contributed by atoms with van der Waals surface area (Å²) in [4.78, 5) is 0. The van der Waals surface area contributed by atoms with E-state index in [0.29, 0.717) is 5.56 Å². The molecule has 0 N–H and O–H groups in total. The molecule has 13 rings (SSSR count). The maximum Gasteiger partial charge on any atom is 0.179 e. The lowest BCUT2D eigenvalue weighted by Crippen LogP contribution is -2.74. The van der Waals surface area contributed by atoms with Crippen molar-refractivity contribution >= 4 is 94.2 Å². The summed E-state index contributed by atoms with van der Waals surface area (Å²) in [6.45, 7) is 0. The van der Waals surface area contributed by atoms with Crippen LogP contribution < -0.4 is 20.7 Å². The first-order valence-electron chi connectivity index (χ1n) is 22.5. The van der Waals surface area contributed by atoms with Crippen molar-refractivity contribution in [3.05, 3.63) is 248 Å². The first kappa shape index (κ1) is 37.8. The number of nitriles is 1. The van der Waals surface area contributed by atoms with Gasteiger partial charge in [-0.1, -0.05) is 158 Å². The van der Waals surface area contributed by atoms with E-state index >= 15 is 0 Å². The third-order valence-corrected chi connectivity index (χ3v) is 18.6. The number of hydrogen-bond acceptors (Lipinski definition) is 1. The number of benzene rings is 10. The summed E-state index contributed by atoms with van der Waals surface area (Å²) in [6.07, 6.45) is 0. The van der Waals surface area contributed by atoms with Crippen LogP contribution in [0.15, 0.2) is 243 Å². The SMILES string of the molecule is N#Cc1ccc2c(c1)c1cc(-n3c4ccccc4c4ccccc43)ccc1n2-c1ccc2c(c1)c1ccccc1n2-c1cccc([Si](c2ccccc2)(c2ccccc2)c2ccccc2)c1. The second-order valence-electron chi connectivity index (χ2n) is 17.2. The Hall–Kier alpha value is -8.69. The Morgan fingerprint density at radius 2 is 0.621 bits per heavy atom. The van der Waals surface area contributed by atoms with Gasteiger partial charge >= 0.3 is 0 Å². The highest BCUT2D eigenvalue weighted by atomic mass is 28.3. The molecule has 13 aromatic rings. The molecule has 3 aromatic heterocycles. The Kier molecular flexibility index (Phi) is 8.57. The summed E-state index contributed by atoms with van der Waals surface area (Å²) in [7, 11) is -2.77. The van der Waals surface area contributed by atoms with Gasteiger partial charge in [0.15, 0.2) is 8.07 Å². The molecule has 308 valence electrons. The lowest BCUT2D eigenvalue weighted by molar-refractivity contribution is 1.16. The van der Waals surface area contributed by atoms with E-state index in [2.05, 4.69) is 250 Å². The van der Waals surface area contributed by atoms with E-state index in [1.54, 1.807) is 0 Å². The molecule has 0 fully saturated rings. The molecule has 3 heterocycles. The zero-order chi connectivity index (χ0) is 43.8. The van der Waals surface area contributed by atoms with Crippen molar-refractivity contribution in [3.63, 3.8) is 0 Å². The number of aromatic nitrogens is 3. The van der Waals surface area contributed by atoms with Gasteiger partial charge in [-0.15, -0.1) is 0 Å². The number of hydrogen-bond donors (Lipinski definition) is 0. The van der Waals surface area contributed by atoms with Crippen LogP contribution in [0.4, 0.5) is 0 Å². The second kappa shape index (κ2) is 15.0. The van der Waals surface area contributed by atoms with Crippen LogP contribution in [-0.2, 0) is 0 Å². The molecule has 0 bridgehead atoms. The van der Waals surface area contributed by atoms with E-state index in [4.69, 9.17) is 0 Å². The minimum atomic E-state index is -2.77. The van der Waals surface area contributed by atoms with E-state index in [0.717, 1.165) is 49.9 Å². The van der Waals surface area contributed by atoms with Crippen LogP contribution in [0, 0.1) is 11.3 Å². The number of para-hydroxylation sites is 3. The summed E-state index contributed by atoms with van der Waals surface area (Å²) in [5.74, 6) is 0. The number of rotatable bonds is 7. The van der Waals surface area contributed by atoms with Crippen molar-refractivity contribution in [1.29, 1.82) is 5.26 Å². The molecular formula is C61H40N4Si. The topological polar surface area (TPSA) is 38.6 Å². The minimum Gasteiger partial charge on any atom is -0.309 e. The predicted molar refractivity (Wildman–Crippen MR) is 278 cm³/mol. The maximum absolute atomic E-state index is 10.1. The highest BCUT2D eigenvalue weighted by molar-refractivity contribution is 7.19. The largest absolute Gasteiger partial charge is 0.309 e. The van der Waals surface area contributed by atoms with Crippen LogP contribution in [0.5, 0.6) is 0 Å². The first-order chi connectivity index (χ1) is 32.7. The monoisotopic (exact) mass is 856 g/mol. The van der Waals surface area contributed by atoms with Crippen LogP contribution >= 0.6 is 0 Å². The quantitative estimate of drug-likeness (QED) is 0.116. The Labute approximate surface area is 382 Å². The van der Waals surface area contributed by atoms with Gasteiger partial charge in [0.05, 0.1) is 44.7 Å². The lowest BCUT2D eigenvalue weighted by Gasteiger charge is -2.34. The smallest absolute Gasteiger partial charge is 0.179 e. The van der Waals surface area contributed by atoms with E-state index in [1.807, 2.05) is 12.1 Å². The molecule has 0 saturated heterocycles. The summed E-state index contributed by atoms with van der Waals surface area (Å²) in [5.41, 5.74) is 10.7. The summed E-state index contributed by atoms with van der Waals surface area (Å²) in [5, 5.41) is 22.5. The van der Waals surface area contributed by atoms with Crippen LogP contribution in [0.25, 0.3) is 82.5 Å². The Bertz CT molecular complexity index is 3910. The Morgan fingerprint density at radius 1 is 0.273 bits per heavy atom. The summed E-state index contributed by atoms with van der Waals surface area (Å²) < 4.78 is 7.18. The van der Waals surface area contributed by atoms with E-state index in [-0.39, 0.29) is 0 Å². The van der Waals surface area contributed by atoms with E-state index < -0.39 is 8.07 Å². The molecule has 0 amide bonds. The molecule has 0 aliphatic carbocycles. The molecule has 0 spiro atoms. The Morgan fingerprint density at radius 3 is 1.09 bits per heavy atom. The standard InChI is InChI=1S/C61H40N4Si/c62-41-42-31-34-59-53(37-42)55-40-45(64-56-28-13-10-25-50(56)51-26-11-14-29-57(51)64)33-36-61(55)65(59)44-32-35-60-54(39-44)52-27-12-15-30-58(52)63(60)43-17-16-24-49(38-43)66(46-18-4-1-5-19-46,47-20-6-2-7-21-47)48-22-8-3-9-23-48/h1-40H. The zero-order valence-corrected chi connectivity index (χ0v) is 36.9. The predicted octanol–water partition coefficient (Wildman–Crippen LogP) is 12.2.